The van der Waals surface area contributed by atoms with E-state index in [0.29, 0.717) is 0 Å². The topological polar surface area (TPSA) is 39.4 Å². The van der Waals surface area contributed by atoms with E-state index in [1.165, 1.54) is 17.4 Å². The van der Waals surface area contributed by atoms with Crippen LogP contribution in [0.4, 0.5) is 0 Å². The summed E-state index contributed by atoms with van der Waals surface area (Å²) in [4.78, 5) is 12.2. The van der Waals surface area contributed by atoms with Gasteiger partial charge in [0.25, 0.3) is 0 Å². The Morgan fingerprint density at radius 3 is 2.77 bits per heavy atom. The summed E-state index contributed by atoms with van der Waals surface area (Å²) in [5, 5.41) is 0. The maximum Gasteiger partial charge on any atom is 0.374 e. The first-order valence-corrected chi connectivity index (χ1v) is 7.76. The van der Waals surface area contributed by atoms with Gasteiger partial charge >= 0.3 is 5.97 Å². The Hall–Kier alpha value is -2.03. The van der Waals surface area contributed by atoms with Crippen molar-refractivity contribution >= 4 is 5.97 Å². The van der Waals surface area contributed by atoms with Crippen molar-refractivity contribution in [1.82, 2.24) is 0 Å². The third-order valence-electron chi connectivity index (χ3n) is 5.04. The van der Waals surface area contributed by atoms with Crippen molar-refractivity contribution in [3.05, 3.63) is 59.6 Å². The molecule has 1 heterocycles. The van der Waals surface area contributed by atoms with Crippen molar-refractivity contribution in [1.29, 1.82) is 0 Å². The summed E-state index contributed by atoms with van der Waals surface area (Å²) in [5.74, 6) is 0.241. The normalized spacial score (nSPS) is 33.7. The zero-order chi connectivity index (χ0) is 15.9. The van der Waals surface area contributed by atoms with Crippen molar-refractivity contribution in [2.75, 3.05) is 0 Å². The first-order chi connectivity index (χ1) is 10.4. The molecule has 0 spiro atoms. The number of carbonyl (C=O) groups is 1. The molecule has 0 saturated heterocycles. The molecule has 0 fully saturated rings. The largest absolute Gasteiger partial charge is 0.457 e. The standard InChI is InChI=1S/C19H22O3/c1-12-7-8-15-10-13(2)17(14(3)19(15,4)11-12)22-18(20)16-6-5-9-21-16/h5-11,13-14,17H,1-4H3/t13-,14+,17+,19-/m1/s1. The van der Waals surface area contributed by atoms with Crippen LogP contribution in [-0.2, 0) is 4.74 Å². The third-order valence-corrected chi connectivity index (χ3v) is 5.04. The highest BCUT2D eigenvalue weighted by Gasteiger charge is 2.45. The second-order valence-electron chi connectivity index (χ2n) is 6.62. The summed E-state index contributed by atoms with van der Waals surface area (Å²) in [7, 11) is 0. The van der Waals surface area contributed by atoms with E-state index in [-0.39, 0.29) is 35.1 Å². The van der Waals surface area contributed by atoms with Gasteiger partial charge in [-0.3, -0.25) is 0 Å². The summed E-state index contributed by atoms with van der Waals surface area (Å²) in [6.07, 6.45) is 10.2. The average Bonchev–Trinajstić information content (AvgIpc) is 2.99. The van der Waals surface area contributed by atoms with Gasteiger partial charge in [0.2, 0.25) is 5.76 Å². The number of esters is 1. The number of furan rings is 1. The zero-order valence-corrected chi connectivity index (χ0v) is 13.5. The van der Waals surface area contributed by atoms with E-state index < -0.39 is 0 Å². The molecular formula is C19H22O3. The fourth-order valence-electron chi connectivity index (χ4n) is 3.60. The molecule has 0 N–H and O–H groups in total. The predicted octanol–water partition coefficient (Wildman–Crippen LogP) is 4.54. The summed E-state index contributed by atoms with van der Waals surface area (Å²) in [6.45, 7) is 8.58. The lowest BCUT2D eigenvalue weighted by Gasteiger charge is -2.46. The van der Waals surface area contributed by atoms with Crippen LogP contribution in [0.1, 0.15) is 38.2 Å². The van der Waals surface area contributed by atoms with Crippen molar-refractivity contribution in [2.45, 2.75) is 33.8 Å². The van der Waals surface area contributed by atoms with Crippen LogP contribution >= 0.6 is 0 Å². The van der Waals surface area contributed by atoms with Crippen LogP contribution < -0.4 is 0 Å². The highest BCUT2D eigenvalue weighted by molar-refractivity contribution is 5.86. The lowest BCUT2D eigenvalue weighted by molar-refractivity contribution is -0.0175. The van der Waals surface area contributed by atoms with E-state index in [1.807, 2.05) is 0 Å². The van der Waals surface area contributed by atoms with Crippen LogP contribution in [0.2, 0.25) is 0 Å². The second kappa shape index (κ2) is 5.31. The summed E-state index contributed by atoms with van der Waals surface area (Å²) >= 11 is 0. The monoisotopic (exact) mass is 298 g/mol. The molecule has 0 radical (unpaired) electrons. The molecule has 2 aliphatic rings. The van der Waals surface area contributed by atoms with Gasteiger partial charge in [0, 0.05) is 17.3 Å². The molecule has 1 aromatic rings. The van der Waals surface area contributed by atoms with Crippen LogP contribution in [0.5, 0.6) is 0 Å². The van der Waals surface area contributed by atoms with E-state index in [2.05, 4.69) is 52.0 Å². The molecule has 3 nitrogen and oxygen atoms in total. The first-order valence-electron chi connectivity index (χ1n) is 7.76. The summed E-state index contributed by atoms with van der Waals surface area (Å²) < 4.78 is 10.9. The fourth-order valence-corrected chi connectivity index (χ4v) is 3.60. The molecule has 0 saturated carbocycles. The number of carbonyl (C=O) groups excluding carboxylic acids is 1. The van der Waals surface area contributed by atoms with E-state index >= 15 is 0 Å². The molecule has 22 heavy (non-hydrogen) atoms. The SMILES string of the molecule is CC1=C[C@@]2(C)C(=C[C@@H](C)[C@H](OC(=O)c3ccco3)[C@@H]2C)C=C1. The van der Waals surface area contributed by atoms with E-state index in [0.717, 1.165) is 0 Å². The molecule has 116 valence electrons. The Morgan fingerprint density at radius 2 is 2.09 bits per heavy atom. The lowest BCUT2D eigenvalue weighted by Crippen LogP contribution is -2.44. The minimum atomic E-state index is -0.388. The Balaban J connectivity index is 1.89. The number of hydrogen-bond acceptors (Lipinski definition) is 3. The van der Waals surface area contributed by atoms with Crippen LogP contribution in [0.25, 0.3) is 0 Å². The van der Waals surface area contributed by atoms with Crippen molar-refractivity contribution in [3.63, 3.8) is 0 Å². The molecule has 3 rings (SSSR count). The maximum atomic E-state index is 12.2. The molecule has 0 bridgehead atoms. The van der Waals surface area contributed by atoms with E-state index in [1.54, 1.807) is 12.1 Å². The average molecular weight is 298 g/mol. The molecule has 2 aliphatic carbocycles. The smallest absolute Gasteiger partial charge is 0.374 e. The van der Waals surface area contributed by atoms with Gasteiger partial charge < -0.3 is 9.15 Å². The quantitative estimate of drug-likeness (QED) is 0.752. The number of allylic oxidation sites excluding steroid dienone is 5. The molecule has 4 atom stereocenters. The van der Waals surface area contributed by atoms with Crippen LogP contribution in [0.15, 0.2) is 58.3 Å². The number of ether oxygens (including phenoxy) is 1. The van der Waals surface area contributed by atoms with Crippen LogP contribution in [0.3, 0.4) is 0 Å². The highest BCUT2D eigenvalue weighted by Crippen LogP contribution is 2.49. The fraction of sp³-hybridized carbons (Fsp3) is 0.421. The highest BCUT2D eigenvalue weighted by atomic mass is 16.6. The molecule has 0 amide bonds. The van der Waals surface area contributed by atoms with Crippen LogP contribution in [0, 0.1) is 17.3 Å². The molecule has 0 unspecified atom stereocenters. The number of rotatable bonds is 2. The van der Waals surface area contributed by atoms with Crippen molar-refractivity contribution < 1.29 is 13.9 Å². The van der Waals surface area contributed by atoms with Gasteiger partial charge in [-0.05, 0) is 24.6 Å². The lowest BCUT2D eigenvalue weighted by atomic mass is 9.61. The number of hydrogen-bond donors (Lipinski definition) is 0. The van der Waals surface area contributed by atoms with Crippen molar-refractivity contribution in [3.8, 4) is 0 Å². The van der Waals surface area contributed by atoms with Gasteiger partial charge in [0.05, 0.1) is 6.26 Å². The minimum Gasteiger partial charge on any atom is -0.457 e. The predicted molar refractivity (Wildman–Crippen MR) is 85.3 cm³/mol. The van der Waals surface area contributed by atoms with Gasteiger partial charge in [-0.2, -0.15) is 0 Å². The molecule has 0 aromatic carbocycles. The Bertz CT molecular complexity index is 663. The molecular weight excluding hydrogens is 276 g/mol. The second-order valence-corrected chi connectivity index (χ2v) is 6.62. The Kier molecular flexibility index (Phi) is 3.59. The minimum absolute atomic E-state index is 0.0978. The summed E-state index contributed by atoms with van der Waals surface area (Å²) in [5.41, 5.74) is 2.46. The third kappa shape index (κ3) is 2.35. The maximum absolute atomic E-state index is 12.2. The molecule has 1 aromatic heterocycles. The first kappa shape index (κ1) is 14.9. The Labute approximate surface area is 131 Å². The zero-order valence-electron chi connectivity index (χ0n) is 13.5. The molecule has 3 heteroatoms. The Morgan fingerprint density at radius 1 is 1.32 bits per heavy atom. The van der Waals surface area contributed by atoms with E-state index in [9.17, 15) is 4.79 Å². The van der Waals surface area contributed by atoms with Gasteiger partial charge in [-0.1, -0.05) is 50.6 Å². The molecule has 0 aliphatic heterocycles. The number of fused-ring (bicyclic) bond motifs is 1. The van der Waals surface area contributed by atoms with Crippen molar-refractivity contribution in [2.24, 2.45) is 17.3 Å². The van der Waals surface area contributed by atoms with Gasteiger partial charge in [-0.25, -0.2) is 4.79 Å². The van der Waals surface area contributed by atoms with Gasteiger partial charge in [0.15, 0.2) is 0 Å². The summed E-state index contributed by atoms with van der Waals surface area (Å²) in [6, 6.07) is 3.33. The van der Waals surface area contributed by atoms with Gasteiger partial charge in [-0.15, -0.1) is 0 Å². The van der Waals surface area contributed by atoms with Crippen LogP contribution in [-0.4, -0.2) is 12.1 Å². The van der Waals surface area contributed by atoms with E-state index in [4.69, 9.17) is 9.15 Å². The van der Waals surface area contributed by atoms with Gasteiger partial charge in [0.1, 0.15) is 6.10 Å².